The number of aromatic nitrogens is 1. The number of nitrogens with one attached hydrogen (secondary N) is 1. The highest BCUT2D eigenvalue weighted by atomic mass is 35.5. The van der Waals surface area contributed by atoms with Crippen LogP contribution in [0.25, 0.3) is 12.2 Å². The van der Waals surface area contributed by atoms with Crippen LogP contribution in [0.15, 0.2) is 60.7 Å². The largest absolute Gasteiger partial charge is 0.332 e. The van der Waals surface area contributed by atoms with E-state index in [-0.39, 0.29) is 24.4 Å². The van der Waals surface area contributed by atoms with Crippen LogP contribution < -0.4 is 5.48 Å². The van der Waals surface area contributed by atoms with Gasteiger partial charge in [0.25, 0.3) is 5.91 Å². The van der Waals surface area contributed by atoms with Crippen molar-refractivity contribution in [3.8, 4) is 0 Å². The van der Waals surface area contributed by atoms with Crippen molar-refractivity contribution in [2.75, 3.05) is 6.54 Å². The summed E-state index contributed by atoms with van der Waals surface area (Å²) < 4.78 is 0. The molecule has 7 heteroatoms. The minimum Gasteiger partial charge on any atom is -0.332 e. The molecular formula is C22H24ClN3O3. The van der Waals surface area contributed by atoms with Gasteiger partial charge in [-0.3, -0.25) is 14.8 Å². The third-order valence-electron chi connectivity index (χ3n) is 4.67. The summed E-state index contributed by atoms with van der Waals surface area (Å²) in [6.45, 7) is 0.745. The van der Waals surface area contributed by atoms with Crippen LogP contribution >= 0.6 is 12.4 Å². The smallest absolute Gasteiger partial charge is 0.267 e. The molecular weight excluding hydrogens is 390 g/mol. The number of amides is 2. The molecule has 0 bridgehead atoms. The summed E-state index contributed by atoms with van der Waals surface area (Å²) in [5.41, 5.74) is 3.86. The minimum atomic E-state index is -0.630. The summed E-state index contributed by atoms with van der Waals surface area (Å²) in [4.78, 5) is 30.2. The molecule has 1 unspecified atom stereocenters. The molecule has 1 atom stereocenters. The Morgan fingerprint density at radius 3 is 2.38 bits per heavy atom. The molecule has 1 aromatic carbocycles. The number of nitrogens with zero attached hydrogens (tertiary/aromatic N) is 2. The monoisotopic (exact) mass is 413 g/mol. The molecule has 1 aromatic heterocycles. The predicted octanol–water partition coefficient (Wildman–Crippen LogP) is 3.79. The Bertz CT molecular complexity index is 884. The van der Waals surface area contributed by atoms with Crippen LogP contribution in [0.4, 0.5) is 0 Å². The molecule has 2 N–H and O–H groups in total. The molecule has 3 rings (SSSR count). The number of halogens is 1. The van der Waals surface area contributed by atoms with Crippen LogP contribution in [0, 0.1) is 0 Å². The Morgan fingerprint density at radius 2 is 1.69 bits per heavy atom. The number of likely N-dealkylation sites (tertiary alicyclic amines) is 1. The number of piperidine rings is 1. The van der Waals surface area contributed by atoms with E-state index in [1.54, 1.807) is 30.4 Å². The first-order chi connectivity index (χ1) is 13.7. The van der Waals surface area contributed by atoms with Crippen molar-refractivity contribution in [3.63, 3.8) is 0 Å². The average molecular weight is 414 g/mol. The van der Waals surface area contributed by atoms with Crippen LogP contribution in [-0.2, 0) is 9.59 Å². The Labute approximate surface area is 176 Å². The van der Waals surface area contributed by atoms with Crippen molar-refractivity contribution >= 4 is 36.4 Å². The molecule has 0 radical (unpaired) electrons. The molecule has 0 aliphatic carbocycles. The molecule has 1 aliphatic heterocycles. The van der Waals surface area contributed by atoms with Gasteiger partial charge in [-0.05, 0) is 49.1 Å². The first-order valence-electron chi connectivity index (χ1n) is 9.30. The van der Waals surface area contributed by atoms with Crippen molar-refractivity contribution in [1.29, 1.82) is 0 Å². The van der Waals surface area contributed by atoms with Crippen molar-refractivity contribution in [2.45, 2.75) is 25.3 Å². The zero-order chi connectivity index (χ0) is 19.8. The summed E-state index contributed by atoms with van der Waals surface area (Å²) in [6.07, 6.45) is 8.99. The zero-order valence-electron chi connectivity index (χ0n) is 15.9. The topological polar surface area (TPSA) is 82.5 Å². The van der Waals surface area contributed by atoms with E-state index in [1.165, 1.54) is 17.6 Å². The van der Waals surface area contributed by atoms with E-state index in [0.29, 0.717) is 11.4 Å². The first-order valence-corrected chi connectivity index (χ1v) is 9.30. The first kappa shape index (κ1) is 22.3. The van der Waals surface area contributed by atoms with Crippen molar-refractivity contribution in [3.05, 3.63) is 77.6 Å². The van der Waals surface area contributed by atoms with Crippen LogP contribution in [0.3, 0.4) is 0 Å². The molecule has 2 aromatic rings. The Balaban J connectivity index is 0.00000300. The Kier molecular flexibility index (Phi) is 8.58. The Morgan fingerprint density at radius 1 is 1.00 bits per heavy atom. The molecule has 152 valence electrons. The van der Waals surface area contributed by atoms with Gasteiger partial charge in [-0.25, -0.2) is 10.5 Å². The number of hydrogen-bond donors (Lipinski definition) is 2. The number of hydroxylamine groups is 1. The second-order valence-corrected chi connectivity index (χ2v) is 6.58. The quantitative estimate of drug-likeness (QED) is 0.444. The molecule has 2 heterocycles. The fourth-order valence-corrected chi connectivity index (χ4v) is 3.32. The fourth-order valence-electron chi connectivity index (χ4n) is 3.32. The van der Waals surface area contributed by atoms with Gasteiger partial charge in [0.05, 0.1) is 17.4 Å². The van der Waals surface area contributed by atoms with Crippen LogP contribution in [0.2, 0.25) is 0 Å². The van der Waals surface area contributed by atoms with Gasteiger partial charge in [0, 0.05) is 18.7 Å². The van der Waals surface area contributed by atoms with Crippen LogP contribution in [0.5, 0.6) is 0 Å². The summed E-state index contributed by atoms with van der Waals surface area (Å²) in [7, 11) is 0. The lowest BCUT2D eigenvalue weighted by Crippen LogP contribution is -2.37. The van der Waals surface area contributed by atoms with Gasteiger partial charge < -0.3 is 4.90 Å². The fraction of sp³-hybridized carbons (Fsp3) is 0.227. The molecule has 0 spiro atoms. The average Bonchev–Trinajstić information content (AvgIpc) is 2.76. The van der Waals surface area contributed by atoms with Gasteiger partial charge in [-0.15, -0.1) is 12.4 Å². The SMILES string of the molecule is Cl.O=C(C=Cc1cccc(C=CC(=O)N2CCCCC2c2ccccc2)n1)NO. The van der Waals surface area contributed by atoms with Crippen molar-refractivity contribution < 1.29 is 14.8 Å². The van der Waals surface area contributed by atoms with E-state index >= 15 is 0 Å². The normalized spacial score (nSPS) is 16.6. The van der Waals surface area contributed by atoms with Gasteiger partial charge in [0.2, 0.25) is 5.91 Å². The maximum absolute atomic E-state index is 12.8. The predicted molar refractivity (Wildman–Crippen MR) is 114 cm³/mol. The summed E-state index contributed by atoms with van der Waals surface area (Å²) in [6, 6.07) is 15.5. The van der Waals surface area contributed by atoms with Crippen molar-refractivity contribution in [2.24, 2.45) is 0 Å². The molecule has 1 saturated heterocycles. The maximum Gasteiger partial charge on any atom is 0.267 e. The van der Waals surface area contributed by atoms with Gasteiger partial charge in [0.15, 0.2) is 0 Å². The standard InChI is InChI=1S/C22H23N3O3.ClH/c26-21(24-28)14-12-18-9-6-10-19(23-18)13-15-22(27)25-16-5-4-11-20(25)17-7-2-1-3-8-17;/h1-3,6-10,12-15,20,28H,4-5,11,16H2,(H,24,26);1H. The summed E-state index contributed by atoms with van der Waals surface area (Å²) in [5, 5.41) is 8.52. The number of rotatable bonds is 5. The molecule has 0 saturated carbocycles. The van der Waals surface area contributed by atoms with Gasteiger partial charge in [-0.2, -0.15) is 0 Å². The number of pyridine rings is 1. The number of hydrogen-bond acceptors (Lipinski definition) is 4. The number of benzene rings is 1. The van der Waals surface area contributed by atoms with E-state index in [2.05, 4.69) is 17.1 Å². The highest BCUT2D eigenvalue weighted by Gasteiger charge is 2.26. The lowest BCUT2D eigenvalue weighted by Gasteiger charge is -2.35. The van der Waals surface area contributed by atoms with E-state index in [9.17, 15) is 9.59 Å². The van der Waals surface area contributed by atoms with E-state index < -0.39 is 5.91 Å². The lowest BCUT2D eigenvalue weighted by atomic mass is 9.95. The molecule has 1 fully saturated rings. The molecule has 6 nitrogen and oxygen atoms in total. The van der Waals surface area contributed by atoms with E-state index in [0.717, 1.165) is 31.4 Å². The van der Waals surface area contributed by atoms with E-state index in [4.69, 9.17) is 5.21 Å². The second kappa shape index (κ2) is 11.1. The van der Waals surface area contributed by atoms with Gasteiger partial charge in [0.1, 0.15) is 0 Å². The maximum atomic E-state index is 12.8. The Hall–Kier alpha value is -2.96. The highest BCUT2D eigenvalue weighted by molar-refractivity contribution is 5.92. The van der Waals surface area contributed by atoms with Gasteiger partial charge >= 0.3 is 0 Å². The third-order valence-corrected chi connectivity index (χ3v) is 4.67. The number of carbonyl (C=O) groups excluding carboxylic acids is 2. The van der Waals surface area contributed by atoms with Crippen LogP contribution in [0.1, 0.15) is 42.3 Å². The van der Waals surface area contributed by atoms with Gasteiger partial charge in [-0.1, -0.05) is 36.4 Å². The van der Waals surface area contributed by atoms with Crippen LogP contribution in [-0.4, -0.2) is 33.5 Å². The summed E-state index contributed by atoms with van der Waals surface area (Å²) in [5.74, 6) is -0.661. The molecule has 1 aliphatic rings. The molecule has 2 amide bonds. The lowest BCUT2D eigenvalue weighted by molar-refractivity contribution is -0.129. The highest BCUT2D eigenvalue weighted by Crippen LogP contribution is 2.30. The zero-order valence-corrected chi connectivity index (χ0v) is 16.7. The van der Waals surface area contributed by atoms with Crippen molar-refractivity contribution in [1.82, 2.24) is 15.4 Å². The number of carbonyl (C=O) groups is 2. The second-order valence-electron chi connectivity index (χ2n) is 6.58. The molecule has 29 heavy (non-hydrogen) atoms. The summed E-state index contributed by atoms with van der Waals surface area (Å²) >= 11 is 0. The minimum absolute atomic E-state index is 0. The van der Waals surface area contributed by atoms with E-state index in [1.807, 2.05) is 23.1 Å². The third kappa shape index (κ3) is 6.27.